The summed E-state index contributed by atoms with van der Waals surface area (Å²) in [5, 5.41) is 3.51. The predicted molar refractivity (Wildman–Crippen MR) is 68.9 cm³/mol. The van der Waals surface area contributed by atoms with Gasteiger partial charge in [0, 0.05) is 13.7 Å². The van der Waals surface area contributed by atoms with Gasteiger partial charge in [0.1, 0.15) is 0 Å². The number of ether oxygens (including phenoxy) is 2. The van der Waals surface area contributed by atoms with E-state index in [0.29, 0.717) is 6.04 Å². The van der Waals surface area contributed by atoms with Gasteiger partial charge in [0.15, 0.2) is 0 Å². The molecule has 0 aromatic rings. The molecular weight excluding hydrogens is 202 g/mol. The van der Waals surface area contributed by atoms with Crippen LogP contribution in [0, 0.1) is 0 Å². The zero-order chi connectivity index (χ0) is 12.2. The Morgan fingerprint density at radius 3 is 2.31 bits per heavy atom. The zero-order valence-electron chi connectivity index (χ0n) is 11.4. The summed E-state index contributed by atoms with van der Waals surface area (Å²) in [5.41, 5.74) is 0. The average molecular weight is 231 g/mol. The van der Waals surface area contributed by atoms with E-state index in [2.05, 4.69) is 26.1 Å². The minimum atomic E-state index is 0.272. The maximum absolute atomic E-state index is 5.63. The number of rotatable bonds is 11. The highest BCUT2D eigenvalue weighted by molar-refractivity contribution is 4.76. The van der Waals surface area contributed by atoms with Crippen molar-refractivity contribution in [3.05, 3.63) is 0 Å². The molecule has 0 amide bonds. The zero-order valence-corrected chi connectivity index (χ0v) is 11.4. The summed E-state index contributed by atoms with van der Waals surface area (Å²) in [4.78, 5) is 0. The SMILES string of the molecule is CCCNC(COCCC)C(CCC)OC. The molecule has 0 aliphatic heterocycles. The van der Waals surface area contributed by atoms with E-state index < -0.39 is 0 Å². The second kappa shape index (κ2) is 11.4. The lowest BCUT2D eigenvalue weighted by atomic mass is 10.1. The molecule has 3 heteroatoms. The highest BCUT2D eigenvalue weighted by Crippen LogP contribution is 2.07. The molecule has 1 N–H and O–H groups in total. The molecule has 0 bridgehead atoms. The molecule has 0 heterocycles. The van der Waals surface area contributed by atoms with Gasteiger partial charge in [-0.25, -0.2) is 0 Å². The van der Waals surface area contributed by atoms with Crippen molar-refractivity contribution in [3.63, 3.8) is 0 Å². The molecule has 2 atom stereocenters. The fraction of sp³-hybridized carbons (Fsp3) is 1.00. The molecule has 0 saturated carbocycles. The summed E-state index contributed by atoms with van der Waals surface area (Å²) in [6.07, 6.45) is 4.73. The Morgan fingerprint density at radius 2 is 1.81 bits per heavy atom. The molecule has 0 saturated heterocycles. The Kier molecular flexibility index (Phi) is 11.3. The normalized spacial score (nSPS) is 15.0. The Labute approximate surface area is 101 Å². The number of methoxy groups -OCH3 is 1. The summed E-state index contributed by atoms with van der Waals surface area (Å²) < 4.78 is 11.2. The van der Waals surface area contributed by atoms with E-state index in [1.54, 1.807) is 7.11 Å². The van der Waals surface area contributed by atoms with E-state index in [4.69, 9.17) is 9.47 Å². The van der Waals surface area contributed by atoms with E-state index >= 15 is 0 Å². The van der Waals surface area contributed by atoms with Crippen molar-refractivity contribution in [3.8, 4) is 0 Å². The monoisotopic (exact) mass is 231 g/mol. The van der Waals surface area contributed by atoms with Crippen LogP contribution < -0.4 is 5.32 Å². The molecule has 16 heavy (non-hydrogen) atoms. The van der Waals surface area contributed by atoms with Crippen LogP contribution in [0.4, 0.5) is 0 Å². The van der Waals surface area contributed by atoms with Crippen molar-refractivity contribution in [2.24, 2.45) is 0 Å². The van der Waals surface area contributed by atoms with Gasteiger partial charge < -0.3 is 14.8 Å². The Morgan fingerprint density at radius 1 is 1.06 bits per heavy atom. The number of hydrogen-bond donors (Lipinski definition) is 1. The Hall–Kier alpha value is -0.120. The summed E-state index contributed by atoms with van der Waals surface area (Å²) in [6.45, 7) is 9.13. The highest BCUT2D eigenvalue weighted by atomic mass is 16.5. The molecule has 0 aliphatic carbocycles. The lowest BCUT2D eigenvalue weighted by Gasteiger charge is -2.26. The summed E-state index contributed by atoms with van der Waals surface area (Å²) in [7, 11) is 1.79. The van der Waals surface area contributed by atoms with Crippen LogP contribution in [0.5, 0.6) is 0 Å². The fourth-order valence-electron chi connectivity index (χ4n) is 1.75. The smallest absolute Gasteiger partial charge is 0.0746 e. The molecule has 98 valence electrons. The Bertz CT molecular complexity index is 142. The molecule has 0 spiro atoms. The molecule has 0 aromatic heterocycles. The topological polar surface area (TPSA) is 30.5 Å². The first-order valence-corrected chi connectivity index (χ1v) is 6.63. The first-order chi connectivity index (χ1) is 7.79. The van der Waals surface area contributed by atoms with Crippen molar-refractivity contribution >= 4 is 0 Å². The third kappa shape index (κ3) is 7.20. The van der Waals surface area contributed by atoms with E-state index in [0.717, 1.165) is 45.4 Å². The van der Waals surface area contributed by atoms with E-state index in [1.165, 1.54) is 0 Å². The first-order valence-electron chi connectivity index (χ1n) is 6.63. The second-order valence-corrected chi connectivity index (χ2v) is 4.20. The van der Waals surface area contributed by atoms with Crippen LogP contribution >= 0.6 is 0 Å². The first kappa shape index (κ1) is 15.9. The van der Waals surface area contributed by atoms with Crippen molar-refractivity contribution in [1.82, 2.24) is 5.32 Å². The van der Waals surface area contributed by atoms with Crippen molar-refractivity contribution in [1.29, 1.82) is 0 Å². The molecular formula is C13H29NO2. The van der Waals surface area contributed by atoms with Gasteiger partial charge in [-0.2, -0.15) is 0 Å². The minimum absolute atomic E-state index is 0.272. The molecule has 0 rings (SSSR count). The molecule has 0 aromatic carbocycles. The summed E-state index contributed by atoms with van der Waals surface area (Å²) in [6, 6.07) is 0.330. The number of nitrogens with one attached hydrogen (secondary N) is 1. The van der Waals surface area contributed by atoms with Crippen molar-refractivity contribution in [2.45, 2.75) is 58.6 Å². The van der Waals surface area contributed by atoms with Crippen molar-refractivity contribution < 1.29 is 9.47 Å². The summed E-state index contributed by atoms with van der Waals surface area (Å²) >= 11 is 0. The van der Waals surface area contributed by atoms with Gasteiger partial charge in [-0.05, 0) is 25.8 Å². The van der Waals surface area contributed by atoms with Crippen molar-refractivity contribution in [2.75, 3.05) is 26.9 Å². The maximum Gasteiger partial charge on any atom is 0.0746 e. The fourth-order valence-corrected chi connectivity index (χ4v) is 1.75. The van der Waals surface area contributed by atoms with Crippen LogP contribution in [0.3, 0.4) is 0 Å². The van der Waals surface area contributed by atoms with Gasteiger partial charge >= 0.3 is 0 Å². The second-order valence-electron chi connectivity index (χ2n) is 4.20. The standard InChI is InChI=1S/C13H29NO2/c1-5-8-13(15-4)12(14-9-6-2)11-16-10-7-3/h12-14H,5-11H2,1-4H3. The third-order valence-corrected chi connectivity index (χ3v) is 2.63. The molecule has 3 nitrogen and oxygen atoms in total. The van der Waals surface area contributed by atoms with Gasteiger partial charge in [0.25, 0.3) is 0 Å². The lowest BCUT2D eigenvalue weighted by Crippen LogP contribution is -2.44. The predicted octanol–water partition coefficient (Wildman–Crippen LogP) is 2.60. The van der Waals surface area contributed by atoms with Crippen LogP contribution in [-0.4, -0.2) is 39.0 Å². The van der Waals surface area contributed by atoms with E-state index in [9.17, 15) is 0 Å². The average Bonchev–Trinajstić information content (AvgIpc) is 2.31. The summed E-state index contributed by atoms with van der Waals surface area (Å²) in [5.74, 6) is 0. The van der Waals surface area contributed by atoms with Gasteiger partial charge in [0.2, 0.25) is 0 Å². The van der Waals surface area contributed by atoms with E-state index in [-0.39, 0.29) is 6.10 Å². The minimum Gasteiger partial charge on any atom is -0.380 e. The quantitative estimate of drug-likeness (QED) is 0.554. The molecule has 2 unspecified atom stereocenters. The van der Waals surface area contributed by atoms with Crippen LogP contribution in [-0.2, 0) is 9.47 Å². The molecule has 0 aliphatic rings. The van der Waals surface area contributed by atoms with Crippen LogP contribution in [0.25, 0.3) is 0 Å². The highest BCUT2D eigenvalue weighted by Gasteiger charge is 2.19. The van der Waals surface area contributed by atoms with Gasteiger partial charge in [-0.15, -0.1) is 0 Å². The lowest BCUT2D eigenvalue weighted by molar-refractivity contribution is 0.0167. The van der Waals surface area contributed by atoms with Crippen LogP contribution in [0.2, 0.25) is 0 Å². The third-order valence-electron chi connectivity index (χ3n) is 2.63. The number of hydrogen-bond acceptors (Lipinski definition) is 3. The molecule has 0 radical (unpaired) electrons. The molecule has 0 fully saturated rings. The van der Waals surface area contributed by atoms with Crippen LogP contribution in [0.1, 0.15) is 46.5 Å². The maximum atomic E-state index is 5.63. The van der Waals surface area contributed by atoms with E-state index in [1.807, 2.05) is 0 Å². The largest absolute Gasteiger partial charge is 0.380 e. The van der Waals surface area contributed by atoms with Gasteiger partial charge in [0.05, 0.1) is 18.8 Å². The van der Waals surface area contributed by atoms with Gasteiger partial charge in [-0.3, -0.25) is 0 Å². The van der Waals surface area contributed by atoms with Gasteiger partial charge in [-0.1, -0.05) is 27.2 Å². The van der Waals surface area contributed by atoms with Crippen LogP contribution in [0.15, 0.2) is 0 Å². The Balaban J connectivity index is 4.02.